The van der Waals surface area contributed by atoms with Crippen molar-refractivity contribution in [2.75, 3.05) is 18.5 Å². The molecule has 144 valence electrons. The Balaban J connectivity index is 1.79. The van der Waals surface area contributed by atoms with Gasteiger partial charge < -0.3 is 9.47 Å². The number of anilines is 1. The summed E-state index contributed by atoms with van der Waals surface area (Å²) in [5.41, 5.74) is 0.307. The number of aryl methyl sites for hydroxylation is 2. The molecular weight excluding hydrogens is 355 g/mol. The van der Waals surface area contributed by atoms with Crippen LogP contribution >= 0.6 is 0 Å². The molecule has 0 aliphatic rings. The van der Waals surface area contributed by atoms with Gasteiger partial charge in [-0.15, -0.1) is 0 Å². The van der Waals surface area contributed by atoms with Crippen molar-refractivity contribution >= 4 is 16.7 Å². The van der Waals surface area contributed by atoms with Crippen molar-refractivity contribution in [1.82, 2.24) is 19.5 Å². The highest BCUT2D eigenvalue weighted by Crippen LogP contribution is 2.27. The molecule has 0 spiro atoms. The van der Waals surface area contributed by atoms with Crippen LogP contribution in [0.4, 0.5) is 19.0 Å². The van der Waals surface area contributed by atoms with Crippen molar-refractivity contribution in [3.63, 3.8) is 0 Å². The lowest BCUT2D eigenvalue weighted by Gasteiger charge is -2.20. The van der Waals surface area contributed by atoms with Crippen LogP contribution in [-0.4, -0.2) is 33.1 Å². The Hall–Kier alpha value is -2.64. The Morgan fingerprint density at radius 2 is 2.04 bits per heavy atom. The maximum Gasteiger partial charge on any atom is 0.297 e. The molecule has 0 amide bonds. The van der Waals surface area contributed by atoms with Gasteiger partial charge in [-0.05, 0) is 31.0 Å². The molecule has 0 atom stereocenters. The van der Waals surface area contributed by atoms with Crippen LogP contribution in [0.2, 0.25) is 0 Å². The van der Waals surface area contributed by atoms with Gasteiger partial charge in [0.2, 0.25) is 0 Å². The smallest absolute Gasteiger partial charge is 0.297 e. The van der Waals surface area contributed by atoms with Crippen molar-refractivity contribution in [3.05, 3.63) is 48.1 Å². The fourth-order valence-electron chi connectivity index (χ4n) is 3.08. The number of hydrogen-bond acceptors (Lipinski definition) is 4. The summed E-state index contributed by atoms with van der Waals surface area (Å²) < 4.78 is 42.1. The van der Waals surface area contributed by atoms with Crippen molar-refractivity contribution in [2.45, 2.75) is 39.2 Å². The molecule has 2 aromatic heterocycles. The Kier molecular flexibility index (Phi) is 5.93. The van der Waals surface area contributed by atoms with E-state index < -0.39 is 18.1 Å². The predicted molar refractivity (Wildman–Crippen MR) is 98.6 cm³/mol. The molecule has 3 aromatic rings. The molecule has 2 heterocycles. The second-order valence-corrected chi connectivity index (χ2v) is 6.43. The van der Waals surface area contributed by atoms with Gasteiger partial charge in [0.1, 0.15) is 17.5 Å². The van der Waals surface area contributed by atoms with E-state index in [1.807, 2.05) is 6.20 Å². The summed E-state index contributed by atoms with van der Waals surface area (Å²) >= 11 is 0. The number of halogens is 3. The average Bonchev–Trinajstić information content (AvgIpc) is 3.08. The van der Waals surface area contributed by atoms with E-state index >= 15 is 0 Å². The standard InChI is InChI=1S/C19H22F3N5/c1-3-9-27-11-8-23-16(27)5-4-10-26(2)19-14-12-13(20)6-7-15(14)24-18(25-19)17(21)22/h6-8,11-12,17H,3-5,9-10H2,1-2H3. The number of fused-ring (bicyclic) bond motifs is 1. The maximum absolute atomic E-state index is 13.7. The summed E-state index contributed by atoms with van der Waals surface area (Å²) in [6, 6.07) is 3.89. The number of nitrogens with zero attached hydrogens (tertiary/aromatic N) is 5. The molecule has 0 N–H and O–H groups in total. The molecule has 0 saturated heterocycles. The first-order valence-corrected chi connectivity index (χ1v) is 8.96. The second-order valence-electron chi connectivity index (χ2n) is 6.43. The quantitative estimate of drug-likeness (QED) is 0.584. The summed E-state index contributed by atoms with van der Waals surface area (Å²) in [6.07, 6.45) is 3.51. The lowest BCUT2D eigenvalue weighted by atomic mass is 10.2. The SMILES string of the molecule is CCCn1ccnc1CCCN(C)c1nc(C(F)F)nc2ccc(F)cc12. The summed E-state index contributed by atoms with van der Waals surface area (Å²) in [5, 5.41) is 0.425. The molecule has 0 aliphatic heterocycles. The minimum atomic E-state index is -2.78. The van der Waals surface area contributed by atoms with Crippen LogP contribution in [0.25, 0.3) is 10.9 Å². The van der Waals surface area contributed by atoms with Gasteiger partial charge in [-0.2, -0.15) is 0 Å². The van der Waals surface area contributed by atoms with Gasteiger partial charge in [-0.25, -0.2) is 28.1 Å². The van der Waals surface area contributed by atoms with E-state index in [1.54, 1.807) is 18.1 Å². The van der Waals surface area contributed by atoms with Gasteiger partial charge >= 0.3 is 0 Å². The zero-order valence-electron chi connectivity index (χ0n) is 15.4. The van der Waals surface area contributed by atoms with Crippen LogP contribution in [-0.2, 0) is 13.0 Å². The van der Waals surface area contributed by atoms with Gasteiger partial charge in [0.25, 0.3) is 6.43 Å². The molecule has 27 heavy (non-hydrogen) atoms. The Bertz CT molecular complexity index is 909. The summed E-state index contributed by atoms with van der Waals surface area (Å²) in [6.45, 7) is 3.60. The highest BCUT2D eigenvalue weighted by molar-refractivity contribution is 5.89. The molecule has 0 radical (unpaired) electrons. The van der Waals surface area contributed by atoms with Gasteiger partial charge in [-0.3, -0.25) is 0 Å². The first-order valence-electron chi connectivity index (χ1n) is 8.96. The third kappa shape index (κ3) is 4.37. The lowest BCUT2D eigenvalue weighted by molar-refractivity contribution is 0.141. The van der Waals surface area contributed by atoms with Crippen molar-refractivity contribution in [2.24, 2.45) is 0 Å². The van der Waals surface area contributed by atoms with E-state index in [0.29, 0.717) is 23.3 Å². The van der Waals surface area contributed by atoms with Gasteiger partial charge in [0, 0.05) is 44.3 Å². The van der Waals surface area contributed by atoms with Crippen LogP contribution < -0.4 is 4.90 Å². The normalized spacial score (nSPS) is 11.5. The van der Waals surface area contributed by atoms with Crippen LogP contribution in [0.5, 0.6) is 0 Å². The Morgan fingerprint density at radius 3 is 2.78 bits per heavy atom. The third-order valence-corrected chi connectivity index (χ3v) is 4.37. The minimum Gasteiger partial charge on any atom is -0.359 e. The molecular formula is C19H22F3N5. The molecule has 5 nitrogen and oxygen atoms in total. The maximum atomic E-state index is 13.7. The number of alkyl halides is 2. The Morgan fingerprint density at radius 1 is 1.22 bits per heavy atom. The van der Waals surface area contributed by atoms with E-state index in [-0.39, 0.29) is 0 Å². The molecule has 8 heteroatoms. The molecule has 0 fully saturated rings. The van der Waals surface area contributed by atoms with Crippen LogP contribution in [0.1, 0.15) is 37.8 Å². The molecule has 0 bridgehead atoms. The van der Waals surface area contributed by atoms with E-state index in [9.17, 15) is 13.2 Å². The minimum absolute atomic E-state index is 0.307. The number of benzene rings is 1. The number of aromatic nitrogens is 4. The fourth-order valence-corrected chi connectivity index (χ4v) is 3.08. The molecule has 0 saturated carbocycles. The average molecular weight is 377 g/mol. The highest BCUT2D eigenvalue weighted by Gasteiger charge is 2.18. The zero-order valence-corrected chi connectivity index (χ0v) is 15.4. The van der Waals surface area contributed by atoms with Crippen LogP contribution in [0, 0.1) is 5.82 Å². The third-order valence-electron chi connectivity index (χ3n) is 4.37. The first-order chi connectivity index (χ1) is 13.0. The largest absolute Gasteiger partial charge is 0.359 e. The monoisotopic (exact) mass is 377 g/mol. The topological polar surface area (TPSA) is 46.8 Å². The van der Waals surface area contributed by atoms with Crippen LogP contribution in [0.15, 0.2) is 30.6 Å². The molecule has 0 aliphatic carbocycles. The van der Waals surface area contributed by atoms with Crippen molar-refractivity contribution < 1.29 is 13.2 Å². The summed E-state index contributed by atoms with van der Waals surface area (Å²) in [5.74, 6) is 0.311. The van der Waals surface area contributed by atoms with Crippen molar-refractivity contribution in [1.29, 1.82) is 0 Å². The summed E-state index contributed by atoms with van der Waals surface area (Å²) in [7, 11) is 1.76. The first kappa shape index (κ1) is 19.1. The number of imidazole rings is 1. The van der Waals surface area contributed by atoms with Crippen molar-refractivity contribution in [3.8, 4) is 0 Å². The number of hydrogen-bond donors (Lipinski definition) is 0. The van der Waals surface area contributed by atoms with E-state index in [1.165, 1.54) is 18.2 Å². The lowest BCUT2D eigenvalue weighted by Crippen LogP contribution is -2.22. The number of rotatable bonds is 8. The second kappa shape index (κ2) is 8.37. The highest BCUT2D eigenvalue weighted by atomic mass is 19.3. The Labute approximate surface area is 155 Å². The molecule has 3 rings (SSSR count). The fraction of sp³-hybridized carbons (Fsp3) is 0.421. The van der Waals surface area contributed by atoms with Gasteiger partial charge in [-0.1, -0.05) is 6.92 Å². The molecule has 0 unspecified atom stereocenters. The summed E-state index contributed by atoms with van der Waals surface area (Å²) in [4.78, 5) is 14.0. The van der Waals surface area contributed by atoms with E-state index in [4.69, 9.17) is 0 Å². The predicted octanol–water partition coefficient (Wildman–Crippen LogP) is 4.38. The van der Waals surface area contributed by atoms with E-state index in [0.717, 1.165) is 31.6 Å². The van der Waals surface area contributed by atoms with E-state index in [2.05, 4.69) is 26.4 Å². The zero-order chi connectivity index (χ0) is 19.4. The van der Waals surface area contributed by atoms with Crippen LogP contribution in [0.3, 0.4) is 0 Å². The van der Waals surface area contributed by atoms with Gasteiger partial charge in [0.15, 0.2) is 5.82 Å². The molecule has 1 aromatic carbocycles. The van der Waals surface area contributed by atoms with Gasteiger partial charge in [0.05, 0.1) is 5.52 Å².